The fraction of sp³-hybridized carbons (Fsp3) is 0.300. The van der Waals surface area contributed by atoms with Crippen LogP contribution in [0.4, 0.5) is 0 Å². The molecule has 0 spiro atoms. The van der Waals surface area contributed by atoms with Gasteiger partial charge in [0, 0.05) is 6.42 Å². The van der Waals surface area contributed by atoms with Gasteiger partial charge in [0.15, 0.2) is 0 Å². The Morgan fingerprint density at radius 3 is 2.62 bits per heavy atom. The minimum atomic E-state index is 0.0866. The van der Waals surface area contributed by atoms with Gasteiger partial charge in [-0.05, 0) is 11.1 Å². The van der Waals surface area contributed by atoms with Crippen LogP contribution in [0.1, 0.15) is 17.5 Å². The minimum Gasteiger partial charge on any atom is -0.395 e. The van der Waals surface area contributed by atoms with Crippen molar-refractivity contribution in [3.8, 4) is 0 Å². The van der Waals surface area contributed by atoms with E-state index in [9.17, 15) is 0 Å². The van der Waals surface area contributed by atoms with E-state index in [0.717, 1.165) is 23.3 Å². The molecule has 0 saturated carbocycles. The van der Waals surface area contributed by atoms with Gasteiger partial charge in [0.1, 0.15) is 6.61 Å². The number of aliphatic hydroxyl groups is 1. The first kappa shape index (κ1) is 8.26. The van der Waals surface area contributed by atoms with Crippen molar-refractivity contribution in [3.63, 3.8) is 0 Å². The van der Waals surface area contributed by atoms with Crippen LogP contribution in [0, 0.1) is 0 Å². The van der Waals surface area contributed by atoms with E-state index in [-0.39, 0.29) is 6.61 Å². The van der Waals surface area contributed by atoms with Crippen LogP contribution in [0.2, 0.25) is 0 Å². The molecule has 0 atom stereocenters. The summed E-state index contributed by atoms with van der Waals surface area (Å²) in [6, 6.07) is 7.71. The van der Waals surface area contributed by atoms with Gasteiger partial charge in [-0.1, -0.05) is 29.4 Å². The maximum atomic E-state index is 8.84. The van der Waals surface area contributed by atoms with Gasteiger partial charge >= 0.3 is 0 Å². The van der Waals surface area contributed by atoms with Gasteiger partial charge in [0.25, 0.3) is 0 Å². The van der Waals surface area contributed by atoms with Crippen molar-refractivity contribution in [2.45, 2.75) is 13.0 Å². The zero-order chi connectivity index (χ0) is 9.10. The molecule has 68 valence electrons. The number of benzene rings is 1. The molecule has 2 rings (SSSR count). The lowest BCUT2D eigenvalue weighted by Gasteiger charge is -1.99. The van der Waals surface area contributed by atoms with Crippen LogP contribution in [0.15, 0.2) is 29.4 Å². The van der Waals surface area contributed by atoms with Gasteiger partial charge in [0.2, 0.25) is 0 Å². The number of hydrogen-bond donors (Lipinski definition) is 1. The Labute approximate surface area is 76.6 Å². The lowest BCUT2D eigenvalue weighted by molar-refractivity contribution is 0.174. The van der Waals surface area contributed by atoms with Crippen molar-refractivity contribution in [1.29, 1.82) is 0 Å². The molecule has 0 radical (unpaired) electrons. The average Bonchev–Trinajstić information content (AvgIpc) is 2.71. The van der Waals surface area contributed by atoms with Crippen molar-refractivity contribution in [2.24, 2.45) is 5.16 Å². The van der Waals surface area contributed by atoms with Crippen LogP contribution >= 0.6 is 0 Å². The monoisotopic (exact) mass is 177 g/mol. The summed E-state index contributed by atoms with van der Waals surface area (Å²) in [6.07, 6.45) is 0.873. The zero-order valence-corrected chi connectivity index (χ0v) is 7.23. The lowest BCUT2D eigenvalue weighted by atomic mass is 10.1. The van der Waals surface area contributed by atoms with Gasteiger partial charge in [-0.15, -0.1) is 0 Å². The molecule has 13 heavy (non-hydrogen) atoms. The Kier molecular flexibility index (Phi) is 2.27. The summed E-state index contributed by atoms with van der Waals surface area (Å²) < 4.78 is 0. The molecule has 0 aliphatic carbocycles. The molecule has 3 nitrogen and oxygen atoms in total. The maximum absolute atomic E-state index is 8.84. The van der Waals surface area contributed by atoms with Crippen LogP contribution in [0.5, 0.6) is 0 Å². The summed E-state index contributed by atoms with van der Waals surface area (Å²) in [7, 11) is 0. The van der Waals surface area contributed by atoms with Crippen molar-refractivity contribution in [1.82, 2.24) is 0 Å². The minimum absolute atomic E-state index is 0.0866. The predicted octanol–water partition coefficient (Wildman–Crippen LogP) is 1.30. The molecule has 3 heteroatoms. The highest BCUT2D eigenvalue weighted by molar-refractivity contribution is 6.00. The largest absolute Gasteiger partial charge is 0.395 e. The van der Waals surface area contributed by atoms with Gasteiger partial charge in [-0.25, -0.2) is 0 Å². The zero-order valence-electron chi connectivity index (χ0n) is 7.23. The smallest absolute Gasteiger partial charge is 0.122 e. The second-order valence-electron chi connectivity index (χ2n) is 2.98. The molecule has 0 bridgehead atoms. The number of aliphatic hydroxyl groups excluding tert-OH is 1. The third-order valence-corrected chi connectivity index (χ3v) is 2.07. The van der Waals surface area contributed by atoms with Crippen molar-refractivity contribution in [3.05, 3.63) is 35.4 Å². The Morgan fingerprint density at radius 2 is 2.08 bits per heavy atom. The third-order valence-electron chi connectivity index (χ3n) is 2.07. The molecule has 1 aromatic rings. The van der Waals surface area contributed by atoms with Crippen molar-refractivity contribution in [2.75, 3.05) is 6.61 Å². The SMILES string of the molecule is OCc1ccc(C2=NOCC2)cc1. The van der Waals surface area contributed by atoms with Crippen molar-refractivity contribution < 1.29 is 9.94 Å². The Balaban J connectivity index is 2.22. The first-order valence-corrected chi connectivity index (χ1v) is 4.29. The van der Waals surface area contributed by atoms with Crippen LogP contribution in [0.25, 0.3) is 0 Å². The summed E-state index contributed by atoms with van der Waals surface area (Å²) >= 11 is 0. The quantitative estimate of drug-likeness (QED) is 0.739. The molecule has 1 heterocycles. The first-order chi connectivity index (χ1) is 6.40. The van der Waals surface area contributed by atoms with E-state index >= 15 is 0 Å². The van der Waals surface area contributed by atoms with Crippen molar-refractivity contribution >= 4 is 5.71 Å². The van der Waals surface area contributed by atoms with Crippen LogP contribution in [-0.2, 0) is 11.4 Å². The van der Waals surface area contributed by atoms with Crippen LogP contribution in [-0.4, -0.2) is 17.4 Å². The number of nitrogens with zero attached hydrogens (tertiary/aromatic N) is 1. The van der Waals surface area contributed by atoms with E-state index in [1.807, 2.05) is 24.3 Å². The van der Waals surface area contributed by atoms with E-state index in [0.29, 0.717) is 6.61 Å². The number of oxime groups is 1. The van der Waals surface area contributed by atoms with Gasteiger partial charge in [-0.2, -0.15) is 0 Å². The maximum Gasteiger partial charge on any atom is 0.122 e. The average molecular weight is 177 g/mol. The highest BCUT2D eigenvalue weighted by Crippen LogP contribution is 2.11. The summed E-state index contributed by atoms with van der Waals surface area (Å²) in [4.78, 5) is 4.91. The summed E-state index contributed by atoms with van der Waals surface area (Å²) in [5.41, 5.74) is 2.99. The van der Waals surface area contributed by atoms with E-state index in [4.69, 9.17) is 9.94 Å². The van der Waals surface area contributed by atoms with E-state index in [1.165, 1.54) is 0 Å². The van der Waals surface area contributed by atoms with Crippen LogP contribution in [0.3, 0.4) is 0 Å². The number of hydrogen-bond acceptors (Lipinski definition) is 3. The summed E-state index contributed by atoms with van der Waals surface area (Å²) in [5, 5.41) is 12.8. The van der Waals surface area contributed by atoms with E-state index < -0.39 is 0 Å². The molecule has 1 aromatic carbocycles. The molecule has 0 unspecified atom stereocenters. The molecule has 0 aromatic heterocycles. The van der Waals surface area contributed by atoms with E-state index in [2.05, 4.69) is 5.16 Å². The molecule has 0 saturated heterocycles. The van der Waals surface area contributed by atoms with Gasteiger partial charge < -0.3 is 9.94 Å². The van der Waals surface area contributed by atoms with Gasteiger partial charge in [0.05, 0.1) is 12.3 Å². The highest BCUT2D eigenvalue weighted by Gasteiger charge is 2.09. The Hall–Kier alpha value is -1.35. The predicted molar refractivity (Wildman–Crippen MR) is 49.5 cm³/mol. The fourth-order valence-electron chi connectivity index (χ4n) is 1.31. The molecule has 1 aliphatic heterocycles. The highest BCUT2D eigenvalue weighted by atomic mass is 16.6. The first-order valence-electron chi connectivity index (χ1n) is 4.29. The normalized spacial score (nSPS) is 15.3. The van der Waals surface area contributed by atoms with Crippen LogP contribution < -0.4 is 0 Å². The topological polar surface area (TPSA) is 41.8 Å². The second-order valence-corrected chi connectivity index (χ2v) is 2.98. The number of rotatable bonds is 2. The summed E-state index contributed by atoms with van der Waals surface area (Å²) in [5.74, 6) is 0. The van der Waals surface area contributed by atoms with Gasteiger partial charge in [-0.3, -0.25) is 0 Å². The third kappa shape index (κ3) is 1.70. The molecule has 0 amide bonds. The second kappa shape index (κ2) is 3.58. The lowest BCUT2D eigenvalue weighted by Crippen LogP contribution is -1.97. The molecule has 0 fully saturated rings. The molecular weight excluding hydrogens is 166 g/mol. The molecular formula is C10H11NO2. The molecule has 1 N–H and O–H groups in total. The standard InChI is InChI=1S/C10H11NO2/c12-7-8-1-3-9(4-2-8)10-5-6-13-11-10/h1-4,12H,5-7H2. The fourth-order valence-corrected chi connectivity index (χ4v) is 1.31. The van der Waals surface area contributed by atoms with E-state index in [1.54, 1.807) is 0 Å². The Bertz CT molecular complexity index is 316. The summed E-state index contributed by atoms with van der Waals surface area (Å²) in [6.45, 7) is 0.764. The molecule has 1 aliphatic rings. The Morgan fingerprint density at radius 1 is 1.31 bits per heavy atom.